The predicted molar refractivity (Wildman–Crippen MR) is 113 cm³/mol. The summed E-state index contributed by atoms with van der Waals surface area (Å²) < 4.78 is 7.14. The molecule has 0 atom stereocenters. The summed E-state index contributed by atoms with van der Waals surface area (Å²) >= 11 is 12.1. The Morgan fingerprint density at radius 1 is 1.21 bits per heavy atom. The lowest BCUT2D eigenvalue weighted by atomic mass is 10.2. The summed E-state index contributed by atoms with van der Waals surface area (Å²) in [4.78, 5) is 29.5. The summed E-state index contributed by atoms with van der Waals surface area (Å²) in [5.41, 5.74) is 1.41. The van der Waals surface area contributed by atoms with Crippen molar-refractivity contribution in [1.29, 1.82) is 0 Å². The molecule has 2 amide bonds. The summed E-state index contributed by atoms with van der Waals surface area (Å²) in [5, 5.41) is 0.754. The van der Waals surface area contributed by atoms with E-state index in [4.69, 9.17) is 27.9 Å². The van der Waals surface area contributed by atoms with Crippen LogP contribution in [0.15, 0.2) is 36.5 Å². The molecule has 1 heterocycles. The summed E-state index contributed by atoms with van der Waals surface area (Å²) in [6, 6.07) is 8.88. The number of benzene rings is 1. The van der Waals surface area contributed by atoms with Gasteiger partial charge in [0.1, 0.15) is 6.54 Å². The summed E-state index contributed by atoms with van der Waals surface area (Å²) in [7, 11) is 3.52. The second-order valence-corrected chi connectivity index (χ2v) is 8.11. The van der Waals surface area contributed by atoms with Gasteiger partial charge < -0.3 is 19.1 Å². The van der Waals surface area contributed by atoms with Crippen LogP contribution in [0.25, 0.3) is 0 Å². The van der Waals surface area contributed by atoms with E-state index < -0.39 is 0 Å². The van der Waals surface area contributed by atoms with Crippen molar-refractivity contribution in [3.05, 3.63) is 57.8 Å². The molecule has 1 aromatic heterocycles. The molecule has 0 saturated heterocycles. The normalized spacial score (nSPS) is 13.4. The van der Waals surface area contributed by atoms with Gasteiger partial charge in [0.2, 0.25) is 5.91 Å². The fourth-order valence-corrected chi connectivity index (χ4v) is 3.74. The molecule has 1 aromatic carbocycles. The van der Waals surface area contributed by atoms with Gasteiger partial charge in [0.25, 0.3) is 5.91 Å². The maximum Gasteiger partial charge on any atom is 0.254 e. The Morgan fingerprint density at radius 3 is 2.45 bits per heavy atom. The number of aromatic nitrogens is 1. The van der Waals surface area contributed by atoms with Crippen LogP contribution in [0, 0.1) is 0 Å². The number of ether oxygens (including phenoxy) is 1. The number of hydrogen-bond acceptors (Lipinski definition) is 3. The average molecular weight is 438 g/mol. The molecule has 1 fully saturated rings. The highest BCUT2D eigenvalue weighted by Crippen LogP contribution is 2.29. The lowest BCUT2D eigenvalue weighted by Crippen LogP contribution is -2.44. The lowest BCUT2D eigenvalue weighted by molar-refractivity contribution is -0.133. The minimum atomic E-state index is -0.297. The minimum absolute atomic E-state index is 0.0206. The molecular formula is C21H25Cl2N3O3. The SMILES string of the molecule is COCCN(CC(=O)N(Cc1cccn1C)C1CC1)C(=O)c1cc(Cl)cc(Cl)c1. The number of hydrogen-bond donors (Lipinski definition) is 0. The minimum Gasteiger partial charge on any atom is -0.383 e. The van der Waals surface area contributed by atoms with Gasteiger partial charge in [0.05, 0.1) is 13.2 Å². The maximum atomic E-state index is 13.1. The predicted octanol–water partition coefficient (Wildman–Crippen LogP) is 3.61. The number of amides is 2. The third-order valence-corrected chi connectivity index (χ3v) is 5.42. The molecule has 0 aliphatic heterocycles. The van der Waals surface area contributed by atoms with Gasteiger partial charge >= 0.3 is 0 Å². The zero-order valence-corrected chi connectivity index (χ0v) is 18.1. The number of carbonyl (C=O) groups is 2. The fraction of sp³-hybridized carbons (Fsp3) is 0.429. The number of aryl methyl sites for hydroxylation is 1. The molecule has 0 spiro atoms. The van der Waals surface area contributed by atoms with E-state index in [9.17, 15) is 9.59 Å². The highest BCUT2D eigenvalue weighted by molar-refractivity contribution is 6.35. The molecule has 156 valence electrons. The first-order valence-corrected chi connectivity index (χ1v) is 10.3. The molecule has 8 heteroatoms. The number of rotatable bonds is 9. The Hall–Kier alpha value is -2.02. The van der Waals surface area contributed by atoms with Crippen molar-refractivity contribution < 1.29 is 14.3 Å². The van der Waals surface area contributed by atoms with Gasteiger partial charge in [-0.15, -0.1) is 0 Å². The first-order valence-electron chi connectivity index (χ1n) is 9.53. The van der Waals surface area contributed by atoms with Crippen molar-refractivity contribution >= 4 is 35.0 Å². The van der Waals surface area contributed by atoms with Crippen LogP contribution in [0.5, 0.6) is 0 Å². The Bertz CT molecular complexity index is 860. The number of carbonyl (C=O) groups excluding carboxylic acids is 2. The highest BCUT2D eigenvalue weighted by Gasteiger charge is 2.34. The van der Waals surface area contributed by atoms with Gasteiger partial charge in [-0.05, 0) is 43.2 Å². The van der Waals surface area contributed by atoms with Gasteiger partial charge in [-0.2, -0.15) is 0 Å². The molecule has 0 radical (unpaired) electrons. The topological polar surface area (TPSA) is 54.8 Å². The van der Waals surface area contributed by atoms with E-state index in [1.165, 1.54) is 4.90 Å². The lowest BCUT2D eigenvalue weighted by Gasteiger charge is -2.28. The molecule has 2 aromatic rings. The zero-order valence-electron chi connectivity index (χ0n) is 16.6. The van der Waals surface area contributed by atoms with E-state index in [1.807, 2.05) is 34.8 Å². The van der Waals surface area contributed by atoms with Crippen LogP contribution in [0.2, 0.25) is 10.0 Å². The van der Waals surface area contributed by atoms with Crippen LogP contribution in [0.4, 0.5) is 0 Å². The van der Waals surface area contributed by atoms with Gasteiger partial charge in [0.15, 0.2) is 0 Å². The van der Waals surface area contributed by atoms with Crippen LogP contribution in [-0.2, 0) is 23.1 Å². The Kier molecular flexibility index (Phi) is 7.22. The van der Waals surface area contributed by atoms with E-state index in [-0.39, 0.29) is 24.4 Å². The molecule has 1 aliphatic rings. The molecule has 0 unspecified atom stereocenters. The third-order valence-electron chi connectivity index (χ3n) is 4.98. The molecule has 6 nitrogen and oxygen atoms in total. The largest absolute Gasteiger partial charge is 0.383 e. The summed E-state index contributed by atoms with van der Waals surface area (Å²) in [6.45, 7) is 1.14. The van der Waals surface area contributed by atoms with Crippen LogP contribution < -0.4 is 0 Å². The molecule has 0 N–H and O–H groups in total. The quantitative estimate of drug-likeness (QED) is 0.601. The average Bonchev–Trinajstić information content (AvgIpc) is 3.43. The molecule has 1 saturated carbocycles. The van der Waals surface area contributed by atoms with E-state index >= 15 is 0 Å². The molecular weight excluding hydrogens is 413 g/mol. The summed E-state index contributed by atoms with van der Waals surface area (Å²) in [6.07, 6.45) is 3.94. The van der Waals surface area contributed by atoms with Gasteiger partial charge in [-0.3, -0.25) is 9.59 Å². The van der Waals surface area contributed by atoms with Crippen LogP contribution in [-0.4, -0.2) is 59.0 Å². The first-order chi connectivity index (χ1) is 13.9. The van der Waals surface area contributed by atoms with E-state index in [1.54, 1.807) is 25.3 Å². The van der Waals surface area contributed by atoms with Crippen molar-refractivity contribution in [2.45, 2.75) is 25.4 Å². The Labute approximate surface area is 180 Å². The number of halogens is 2. The van der Waals surface area contributed by atoms with Crippen molar-refractivity contribution in [2.75, 3.05) is 26.8 Å². The van der Waals surface area contributed by atoms with Crippen LogP contribution >= 0.6 is 23.2 Å². The van der Waals surface area contributed by atoms with Crippen molar-refractivity contribution in [3.63, 3.8) is 0 Å². The zero-order chi connectivity index (χ0) is 21.0. The van der Waals surface area contributed by atoms with Gasteiger partial charge in [0, 0.05) is 54.2 Å². The van der Waals surface area contributed by atoms with E-state index in [0.29, 0.717) is 35.3 Å². The van der Waals surface area contributed by atoms with E-state index in [0.717, 1.165) is 18.5 Å². The molecule has 0 bridgehead atoms. The first kappa shape index (κ1) is 21.7. The van der Waals surface area contributed by atoms with Crippen molar-refractivity contribution in [2.24, 2.45) is 7.05 Å². The number of methoxy groups -OCH3 is 1. The second kappa shape index (κ2) is 9.65. The second-order valence-electron chi connectivity index (χ2n) is 7.24. The highest BCUT2D eigenvalue weighted by atomic mass is 35.5. The molecule has 3 rings (SSSR count). The molecule has 29 heavy (non-hydrogen) atoms. The monoisotopic (exact) mass is 437 g/mol. The van der Waals surface area contributed by atoms with E-state index in [2.05, 4.69) is 0 Å². The summed E-state index contributed by atoms with van der Waals surface area (Å²) in [5.74, 6) is -0.374. The molecule has 1 aliphatic carbocycles. The number of nitrogens with zero attached hydrogens (tertiary/aromatic N) is 3. The van der Waals surface area contributed by atoms with Crippen molar-refractivity contribution in [3.8, 4) is 0 Å². The van der Waals surface area contributed by atoms with Gasteiger partial charge in [-0.25, -0.2) is 0 Å². The Balaban J connectivity index is 1.76. The van der Waals surface area contributed by atoms with Crippen molar-refractivity contribution in [1.82, 2.24) is 14.4 Å². The smallest absolute Gasteiger partial charge is 0.254 e. The van der Waals surface area contributed by atoms with Crippen LogP contribution in [0.1, 0.15) is 28.9 Å². The third kappa shape index (κ3) is 5.75. The maximum absolute atomic E-state index is 13.1. The fourth-order valence-electron chi connectivity index (χ4n) is 3.21. The van der Waals surface area contributed by atoms with Crippen LogP contribution in [0.3, 0.4) is 0 Å². The van der Waals surface area contributed by atoms with Gasteiger partial charge in [-0.1, -0.05) is 23.2 Å². The Morgan fingerprint density at radius 2 is 1.90 bits per heavy atom. The standard InChI is InChI=1S/C21H25Cl2N3O3/c1-24-7-3-4-19(24)13-26(18-5-6-18)20(27)14-25(8-9-29-2)21(28)15-10-16(22)12-17(23)11-15/h3-4,7,10-12,18H,5-6,8-9,13-14H2,1-2H3.